The molecule has 2 aromatic rings. The Hall–Kier alpha value is -2.18. The van der Waals surface area contributed by atoms with Crippen LogP contribution in [-0.4, -0.2) is 14.3 Å². The maximum absolute atomic E-state index is 12.4. The summed E-state index contributed by atoms with van der Waals surface area (Å²) in [4.78, 5) is 12.4. The molecule has 126 valence electrons. The van der Waals surface area contributed by atoms with Crippen LogP contribution in [0.1, 0.15) is 29.0 Å². The van der Waals surface area contributed by atoms with E-state index in [1.165, 1.54) is 17.2 Å². The molecule has 1 fully saturated rings. The van der Waals surface area contributed by atoms with Gasteiger partial charge in [-0.2, -0.15) is 0 Å². The Kier molecular flexibility index (Phi) is 4.19. The van der Waals surface area contributed by atoms with E-state index in [4.69, 9.17) is 5.14 Å². The third kappa shape index (κ3) is 3.49. The SMILES string of the molecule is Cc1cccc([C@@H]2C[C@H]2C(=O)Nc2ccc(C)c(S(N)(=O)=O)c2)c1. The molecule has 0 aliphatic heterocycles. The van der Waals surface area contributed by atoms with Gasteiger partial charge in [-0.15, -0.1) is 0 Å². The summed E-state index contributed by atoms with van der Waals surface area (Å²) >= 11 is 0. The summed E-state index contributed by atoms with van der Waals surface area (Å²) < 4.78 is 23.1. The number of carbonyl (C=O) groups excluding carboxylic acids is 1. The van der Waals surface area contributed by atoms with Crippen LogP contribution >= 0.6 is 0 Å². The van der Waals surface area contributed by atoms with Crippen molar-refractivity contribution in [2.45, 2.75) is 31.1 Å². The molecule has 3 rings (SSSR count). The zero-order valence-electron chi connectivity index (χ0n) is 13.6. The van der Waals surface area contributed by atoms with E-state index >= 15 is 0 Å². The van der Waals surface area contributed by atoms with Gasteiger partial charge in [-0.05, 0) is 49.4 Å². The van der Waals surface area contributed by atoms with Gasteiger partial charge in [0.2, 0.25) is 15.9 Å². The molecule has 6 heteroatoms. The predicted molar refractivity (Wildman–Crippen MR) is 93.2 cm³/mol. The molecular formula is C18H20N2O3S. The lowest BCUT2D eigenvalue weighted by molar-refractivity contribution is -0.117. The molecule has 0 saturated heterocycles. The van der Waals surface area contributed by atoms with Crippen molar-refractivity contribution in [1.29, 1.82) is 0 Å². The number of hydrogen-bond donors (Lipinski definition) is 2. The van der Waals surface area contributed by atoms with Crippen molar-refractivity contribution in [3.63, 3.8) is 0 Å². The van der Waals surface area contributed by atoms with Crippen molar-refractivity contribution in [3.8, 4) is 0 Å². The first-order valence-electron chi connectivity index (χ1n) is 7.76. The number of primary sulfonamides is 1. The van der Waals surface area contributed by atoms with Crippen LogP contribution in [0.25, 0.3) is 0 Å². The normalized spacial score (nSPS) is 19.8. The van der Waals surface area contributed by atoms with E-state index in [-0.39, 0.29) is 22.6 Å². The molecule has 1 aliphatic carbocycles. The lowest BCUT2D eigenvalue weighted by Crippen LogP contribution is -2.17. The van der Waals surface area contributed by atoms with Crippen LogP contribution in [-0.2, 0) is 14.8 Å². The zero-order valence-corrected chi connectivity index (χ0v) is 14.4. The van der Waals surface area contributed by atoms with Gasteiger partial charge in [-0.3, -0.25) is 4.79 Å². The van der Waals surface area contributed by atoms with Crippen LogP contribution in [0, 0.1) is 19.8 Å². The molecule has 2 aromatic carbocycles. The second kappa shape index (κ2) is 6.03. The third-order valence-corrected chi connectivity index (χ3v) is 5.41. The van der Waals surface area contributed by atoms with E-state index in [1.807, 2.05) is 25.1 Å². The Morgan fingerprint density at radius 3 is 2.58 bits per heavy atom. The number of amides is 1. The van der Waals surface area contributed by atoms with Gasteiger partial charge < -0.3 is 5.32 Å². The standard InChI is InChI=1S/C18H20N2O3S/c1-11-4-3-5-13(8-11)15-10-16(15)18(21)20-14-7-6-12(2)17(9-14)24(19,22)23/h3-9,15-16H,10H2,1-2H3,(H,20,21)(H2,19,22,23)/t15-,16+/m0/s1. The molecule has 24 heavy (non-hydrogen) atoms. The monoisotopic (exact) mass is 344 g/mol. The van der Waals surface area contributed by atoms with E-state index in [2.05, 4.69) is 11.4 Å². The van der Waals surface area contributed by atoms with Gasteiger partial charge in [0.25, 0.3) is 0 Å². The lowest BCUT2D eigenvalue weighted by atomic mass is 10.1. The van der Waals surface area contributed by atoms with Crippen LogP contribution in [0.15, 0.2) is 47.4 Å². The maximum atomic E-state index is 12.4. The highest BCUT2D eigenvalue weighted by Crippen LogP contribution is 2.48. The quantitative estimate of drug-likeness (QED) is 0.893. The fourth-order valence-corrected chi connectivity index (χ4v) is 3.78. The molecule has 1 saturated carbocycles. The van der Waals surface area contributed by atoms with Crippen molar-refractivity contribution in [2.75, 3.05) is 5.32 Å². The van der Waals surface area contributed by atoms with Gasteiger partial charge in [0.1, 0.15) is 0 Å². The van der Waals surface area contributed by atoms with Crippen LogP contribution in [0.2, 0.25) is 0 Å². The van der Waals surface area contributed by atoms with E-state index in [0.29, 0.717) is 11.3 Å². The molecule has 0 radical (unpaired) electrons. The molecule has 1 amide bonds. The van der Waals surface area contributed by atoms with Gasteiger partial charge in [-0.1, -0.05) is 35.9 Å². The Labute approximate surface area is 141 Å². The Balaban J connectivity index is 1.73. The largest absolute Gasteiger partial charge is 0.326 e. The van der Waals surface area contributed by atoms with Gasteiger partial charge in [-0.25, -0.2) is 13.6 Å². The first-order chi connectivity index (χ1) is 11.3. The highest BCUT2D eigenvalue weighted by atomic mass is 32.2. The number of rotatable bonds is 4. The minimum atomic E-state index is -3.81. The van der Waals surface area contributed by atoms with Crippen molar-refractivity contribution >= 4 is 21.6 Å². The number of nitrogens with one attached hydrogen (secondary N) is 1. The van der Waals surface area contributed by atoms with E-state index in [9.17, 15) is 13.2 Å². The number of aryl methyl sites for hydroxylation is 2. The number of sulfonamides is 1. The second-order valence-electron chi connectivity index (χ2n) is 6.38. The van der Waals surface area contributed by atoms with Gasteiger partial charge in [0.15, 0.2) is 0 Å². The molecule has 3 N–H and O–H groups in total. The van der Waals surface area contributed by atoms with Gasteiger partial charge in [0, 0.05) is 11.6 Å². The molecule has 2 atom stereocenters. The molecule has 0 unspecified atom stereocenters. The summed E-state index contributed by atoms with van der Waals surface area (Å²) in [6.45, 7) is 3.70. The minimum absolute atomic E-state index is 0.0336. The highest BCUT2D eigenvalue weighted by molar-refractivity contribution is 7.89. The molecule has 5 nitrogen and oxygen atoms in total. The second-order valence-corrected chi connectivity index (χ2v) is 7.91. The Morgan fingerprint density at radius 2 is 1.92 bits per heavy atom. The molecule has 1 aliphatic rings. The number of hydrogen-bond acceptors (Lipinski definition) is 3. The van der Waals surface area contributed by atoms with E-state index in [1.54, 1.807) is 19.1 Å². The third-order valence-electron chi connectivity index (χ3n) is 4.36. The minimum Gasteiger partial charge on any atom is -0.326 e. The number of nitrogens with two attached hydrogens (primary N) is 1. The van der Waals surface area contributed by atoms with E-state index in [0.717, 1.165) is 6.42 Å². The molecule has 0 aromatic heterocycles. The van der Waals surface area contributed by atoms with Gasteiger partial charge >= 0.3 is 0 Å². The smallest absolute Gasteiger partial charge is 0.238 e. The fraction of sp³-hybridized carbons (Fsp3) is 0.278. The molecule has 0 spiro atoms. The fourth-order valence-electron chi connectivity index (χ4n) is 2.97. The van der Waals surface area contributed by atoms with Crippen LogP contribution in [0.5, 0.6) is 0 Å². The van der Waals surface area contributed by atoms with Crippen LogP contribution < -0.4 is 10.5 Å². The summed E-state index contributed by atoms with van der Waals surface area (Å²) in [5.41, 5.74) is 3.35. The first kappa shape index (κ1) is 16.7. The number of carbonyl (C=O) groups is 1. The topological polar surface area (TPSA) is 89.3 Å². The predicted octanol–water partition coefficient (Wildman–Crippen LogP) is 2.69. The molecular weight excluding hydrogens is 324 g/mol. The first-order valence-corrected chi connectivity index (χ1v) is 9.31. The lowest BCUT2D eigenvalue weighted by Gasteiger charge is -2.09. The number of benzene rings is 2. The summed E-state index contributed by atoms with van der Waals surface area (Å²) in [5.74, 6) is 0.0600. The highest BCUT2D eigenvalue weighted by Gasteiger charge is 2.43. The van der Waals surface area contributed by atoms with Gasteiger partial charge in [0.05, 0.1) is 4.90 Å². The summed E-state index contributed by atoms with van der Waals surface area (Å²) in [5, 5.41) is 8.00. The van der Waals surface area contributed by atoms with Crippen molar-refractivity contribution in [2.24, 2.45) is 11.1 Å². The van der Waals surface area contributed by atoms with Crippen molar-refractivity contribution in [1.82, 2.24) is 0 Å². The van der Waals surface area contributed by atoms with Crippen LogP contribution in [0.4, 0.5) is 5.69 Å². The molecule has 0 heterocycles. The zero-order chi connectivity index (χ0) is 17.5. The Bertz CT molecular complexity index is 906. The van der Waals surface area contributed by atoms with Crippen LogP contribution in [0.3, 0.4) is 0 Å². The number of anilines is 1. The van der Waals surface area contributed by atoms with E-state index < -0.39 is 10.0 Å². The molecule has 0 bridgehead atoms. The Morgan fingerprint density at radius 1 is 1.17 bits per heavy atom. The van der Waals surface area contributed by atoms with Crippen molar-refractivity contribution in [3.05, 3.63) is 59.2 Å². The van der Waals surface area contributed by atoms with Crippen molar-refractivity contribution < 1.29 is 13.2 Å². The maximum Gasteiger partial charge on any atom is 0.238 e. The summed E-state index contributed by atoms with van der Waals surface area (Å²) in [6, 6.07) is 12.9. The summed E-state index contributed by atoms with van der Waals surface area (Å²) in [7, 11) is -3.81. The summed E-state index contributed by atoms with van der Waals surface area (Å²) in [6.07, 6.45) is 0.809. The average molecular weight is 344 g/mol. The average Bonchev–Trinajstić information content (AvgIpc) is 3.28.